The van der Waals surface area contributed by atoms with E-state index in [1.54, 1.807) is 7.11 Å². The van der Waals surface area contributed by atoms with E-state index in [9.17, 15) is 9.59 Å². The van der Waals surface area contributed by atoms with Gasteiger partial charge < -0.3 is 14.4 Å². The zero-order valence-electron chi connectivity index (χ0n) is 15.8. The Balaban J connectivity index is 1.89. The van der Waals surface area contributed by atoms with Crippen molar-refractivity contribution < 1.29 is 14.3 Å². The first-order chi connectivity index (χ1) is 13.1. The quantitative estimate of drug-likeness (QED) is 0.806. The van der Waals surface area contributed by atoms with Crippen LogP contribution in [0.1, 0.15) is 25.7 Å². The van der Waals surface area contributed by atoms with Crippen LogP contribution in [0.25, 0.3) is 11.3 Å². The van der Waals surface area contributed by atoms with Gasteiger partial charge in [-0.05, 0) is 37.1 Å². The molecule has 3 rings (SSSR count). The average molecular weight is 371 g/mol. The van der Waals surface area contributed by atoms with Gasteiger partial charge in [0, 0.05) is 24.7 Å². The Kier molecular flexibility index (Phi) is 6.11. The minimum atomic E-state index is -0.354. The van der Waals surface area contributed by atoms with E-state index in [1.165, 1.54) is 17.9 Å². The van der Waals surface area contributed by atoms with Crippen molar-refractivity contribution in [3.63, 3.8) is 0 Å². The van der Waals surface area contributed by atoms with Crippen molar-refractivity contribution in [2.75, 3.05) is 27.3 Å². The van der Waals surface area contributed by atoms with Crippen LogP contribution in [0.2, 0.25) is 0 Å². The Hall–Kier alpha value is -2.83. The van der Waals surface area contributed by atoms with Crippen molar-refractivity contribution in [1.82, 2.24) is 14.7 Å². The molecule has 1 saturated heterocycles. The number of methoxy groups -OCH3 is 2. The number of rotatable bonds is 5. The Morgan fingerprint density at radius 2 is 1.70 bits per heavy atom. The molecule has 1 aliphatic heterocycles. The fraction of sp³-hybridized carbons (Fsp3) is 0.450. The molecule has 7 heteroatoms. The predicted octanol–water partition coefficient (Wildman–Crippen LogP) is 2.33. The van der Waals surface area contributed by atoms with Crippen LogP contribution in [0.3, 0.4) is 0 Å². The van der Waals surface area contributed by atoms with Gasteiger partial charge in [-0.3, -0.25) is 9.59 Å². The molecule has 1 aromatic carbocycles. The summed E-state index contributed by atoms with van der Waals surface area (Å²) in [6, 6.07) is 8.69. The van der Waals surface area contributed by atoms with Gasteiger partial charge in [-0.1, -0.05) is 12.8 Å². The lowest BCUT2D eigenvalue weighted by Gasteiger charge is -2.20. The van der Waals surface area contributed by atoms with Crippen molar-refractivity contribution >= 4 is 5.91 Å². The number of nitrogens with zero attached hydrogens (tertiary/aromatic N) is 3. The highest BCUT2D eigenvalue weighted by molar-refractivity contribution is 5.76. The van der Waals surface area contributed by atoms with E-state index in [1.807, 2.05) is 29.2 Å². The summed E-state index contributed by atoms with van der Waals surface area (Å²) in [6.07, 6.45) is 4.31. The monoisotopic (exact) mass is 371 g/mol. The van der Waals surface area contributed by atoms with Gasteiger partial charge in [0.2, 0.25) is 5.91 Å². The second-order valence-electron chi connectivity index (χ2n) is 6.58. The van der Waals surface area contributed by atoms with Crippen LogP contribution in [0, 0.1) is 0 Å². The van der Waals surface area contributed by atoms with Gasteiger partial charge in [-0.25, -0.2) is 4.68 Å². The molecule has 2 heterocycles. The molecule has 1 aromatic heterocycles. The lowest BCUT2D eigenvalue weighted by Crippen LogP contribution is -2.38. The summed E-state index contributed by atoms with van der Waals surface area (Å²) in [5.74, 6) is 1.03. The molecule has 1 aliphatic rings. The fourth-order valence-corrected chi connectivity index (χ4v) is 3.24. The van der Waals surface area contributed by atoms with Gasteiger partial charge in [-0.15, -0.1) is 0 Å². The maximum Gasteiger partial charge on any atom is 0.270 e. The van der Waals surface area contributed by atoms with Crippen molar-refractivity contribution in [1.29, 1.82) is 0 Å². The van der Waals surface area contributed by atoms with Crippen LogP contribution in [0.5, 0.6) is 11.5 Å². The topological polar surface area (TPSA) is 73.7 Å². The summed E-state index contributed by atoms with van der Waals surface area (Å²) in [5, 5.41) is 4.42. The highest BCUT2D eigenvalue weighted by atomic mass is 16.5. The summed E-state index contributed by atoms with van der Waals surface area (Å²) in [5.41, 5.74) is 0.944. The molecular formula is C20H25N3O4. The van der Waals surface area contributed by atoms with E-state index in [0.29, 0.717) is 11.4 Å². The number of amides is 1. The van der Waals surface area contributed by atoms with Gasteiger partial charge in [0.25, 0.3) is 5.56 Å². The van der Waals surface area contributed by atoms with Crippen LogP contribution in [-0.4, -0.2) is 47.9 Å². The first-order valence-electron chi connectivity index (χ1n) is 9.20. The summed E-state index contributed by atoms with van der Waals surface area (Å²) in [4.78, 5) is 26.9. The van der Waals surface area contributed by atoms with Crippen LogP contribution in [-0.2, 0) is 11.3 Å². The summed E-state index contributed by atoms with van der Waals surface area (Å²) in [6.45, 7) is 1.43. The number of likely N-dealkylation sites (tertiary alicyclic amines) is 1. The van der Waals surface area contributed by atoms with Crippen molar-refractivity contribution in [2.45, 2.75) is 32.2 Å². The average Bonchev–Trinajstić information content (AvgIpc) is 2.99. The second-order valence-corrected chi connectivity index (χ2v) is 6.58. The highest BCUT2D eigenvalue weighted by Crippen LogP contribution is 2.27. The van der Waals surface area contributed by atoms with Gasteiger partial charge in [-0.2, -0.15) is 5.10 Å². The van der Waals surface area contributed by atoms with E-state index in [0.717, 1.165) is 50.1 Å². The molecule has 27 heavy (non-hydrogen) atoms. The zero-order chi connectivity index (χ0) is 19.2. The Morgan fingerprint density at radius 1 is 1.04 bits per heavy atom. The third kappa shape index (κ3) is 4.48. The first-order valence-corrected chi connectivity index (χ1v) is 9.20. The molecule has 1 fully saturated rings. The minimum absolute atomic E-state index is 0.0635. The molecule has 1 amide bonds. The van der Waals surface area contributed by atoms with E-state index >= 15 is 0 Å². The minimum Gasteiger partial charge on any atom is -0.497 e. The number of hydrogen-bond donors (Lipinski definition) is 0. The molecule has 144 valence electrons. The largest absolute Gasteiger partial charge is 0.497 e. The second kappa shape index (κ2) is 8.70. The van der Waals surface area contributed by atoms with Gasteiger partial charge in [0.15, 0.2) is 5.75 Å². The van der Waals surface area contributed by atoms with Crippen LogP contribution < -0.4 is 15.0 Å². The highest BCUT2D eigenvalue weighted by Gasteiger charge is 2.19. The van der Waals surface area contributed by atoms with Crippen molar-refractivity contribution in [3.8, 4) is 22.8 Å². The molecule has 0 N–H and O–H groups in total. The summed E-state index contributed by atoms with van der Waals surface area (Å²) >= 11 is 0. The zero-order valence-corrected chi connectivity index (χ0v) is 15.8. The first kappa shape index (κ1) is 18.9. The van der Waals surface area contributed by atoms with Crippen LogP contribution in [0.4, 0.5) is 0 Å². The molecule has 0 spiro atoms. The Labute approximate surface area is 158 Å². The van der Waals surface area contributed by atoms with E-state index < -0.39 is 0 Å². The van der Waals surface area contributed by atoms with E-state index in [2.05, 4.69) is 5.10 Å². The van der Waals surface area contributed by atoms with E-state index in [-0.39, 0.29) is 18.0 Å². The van der Waals surface area contributed by atoms with Crippen LogP contribution in [0.15, 0.2) is 35.1 Å². The molecule has 0 saturated carbocycles. The third-order valence-corrected chi connectivity index (χ3v) is 4.79. The maximum atomic E-state index is 12.6. The summed E-state index contributed by atoms with van der Waals surface area (Å²) < 4.78 is 11.7. The molecular weight excluding hydrogens is 346 g/mol. The number of hydrogen-bond acceptors (Lipinski definition) is 5. The van der Waals surface area contributed by atoms with Crippen LogP contribution >= 0.6 is 0 Å². The molecule has 2 aromatic rings. The Bertz CT molecular complexity index is 837. The molecule has 0 aliphatic carbocycles. The lowest BCUT2D eigenvalue weighted by atomic mass is 10.1. The fourth-order valence-electron chi connectivity index (χ4n) is 3.24. The molecule has 0 unspecified atom stereocenters. The molecule has 0 atom stereocenters. The lowest BCUT2D eigenvalue weighted by molar-refractivity contribution is -0.132. The van der Waals surface area contributed by atoms with Gasteiger partial charge in [0.1, 0.15) is 18.0 Å². The normalized spacial score (nSPS) is 14.5. The standard InChI is InChI=1S/C20H25N3O4/c1-26-16-9-7-15(8-10-16)20-17(27-2)13-18(24)23(21-20)14-19(25)22-11-5-3-4-6-12-22/h7-10,13H,3-6,11-12,14H2,1-2H3. The molecule has 0 bridgehead atoms. The number of ether oxygens (including phenoxy) is 2. The predicted molar refractivity (Wildman–Crippen MR) is 102 cm³/mol. The smallest absolute Gasteiger partial charge is 0.270 e. The van der Waals surface area contributed by atoms with Gasteiger partial charge >= 0.3 is 0 Å². The van der Waals surface area contributed by atoms with Crippen molar-refractivity contribution in [3.05, 3.63) is 40.7 Å². The summed E-state index contributed by atoms with van der Waals surface area (Å²) in [7, 11) is 3.10. The SMILES string of the molecule is COc1ccc(-c2nn(CC(=O)N3CCCCCC3)c(=O)cc2OC)cc1. The molecule has 0 radical (unpaired) electrons. The van der Waals surface area contributed by atoms with E-state index in [4.69, 9.17) is 9.47 Å². The number of carbonyl (C=O) groups is 1. The Morgan fingerprint density at radius 3 is 2.30 bits per heavy atom. The van der Waals surface area contributed by atoms with Crippen molar-refractivity contribution in [2.24, 2.45) is 0 Å². The number of aromatic nitrogens is 2. The third-order valence-electron chi connectivity index (χ3n) is 4.79. The number of benzene rings is 1. The molecule has 7 nitrogen and oxygen atoms in total. The number of carbonyl (C=O) groups excluding carboxylic acids is 1. The maximum absolute atomic E-state index is 12.6. The van der Waals surface area contributed by atoms with Gasteiger partial charge in [0.05, 0.1) is 14.2 Å².